The lowest BCUT2D eigenvalue weighted by Gasteiger charge is -2.17. The number of thioether (sulfide) groups is 1. The first-order chi connectivity index (χ1) is 16.2. The fourth-order valence-electron chi connectivity index (χ4n) is 3.57. The van der Waals surface area contributed by atoms with E-state index >= 15 is 0 Å². The van der Waals surface area contributed by atoms with Gasteiger partial charge in [0.2, 0.25) is 0 Å². The largest absolute Gasteiger partial charge is 0.491 e. The van der Waals surface area contributed by atoms with Crippen molar-refractivity contribution >= 4 is 29.0 Å². The average molecular weight is 484 g/mol. The summed E-state index contributed by atoms with van der Waals surface area (Å²) in [5.74, 6) is 2.06. The summed E-state index contributed by atoms with van der Waals surface area (Å²) in [5.41, 5.74) is 2.97. The van der Waals surface area contributed by atoms with E-state index in [0.717, 1.165) is 34.2 Å². The van der Waals surface area contributed by atoms with E-state index in [2.05, 4.69) is 26.0 Å². The molecule has 0 aromatic heterocycles. The van der Waals surface area contributed by atoms with E-state index in [1.807, 2.05) is 52.0 Å². The van der Waals surface area contributed by atoms with Crippen LogP contribution in [0.15, 0.2) is 41.3 Å². The standard InChI is InChI=1S/C27H33NO5S/c1-7-31-24-15-20(9-11-22(24)33-18(4)5)16-25-26(29)28(27(30)34-25)12-13-32-23-14-19(6)8-10-21(23)17(2)3/h8-11,14-18H,7,12-13H2,1-6H3/b25-16-. The number of carbonyl (C=O) groups is 2. The maximum Gasteiger partial charge on any atom is 0.293 e. The first-order valence-electron chi connectivity index (χ1n) is 11.6. The summed E-state index contributed by atoms with van der Waals surface area (Å²) in [6.07, 6.45) is 1.73. The molecule has 0 aliphatic carbocycles. The van der Waals surface area contributed by atoms with Crippen molar-refractivity contribution in [2.24, 2.45) is 0 Å². The summed E-state index contributed by atoms with van der Waals surface area (Å²) in [6, 6.07) is 11.6. The normalized spacial score (nSPS) is 15.1. The summed E-state index contributed by atoms with van der Waals surface area (Å²) in [4.78, 5) is 27.1. The molecule has 0 atom stereocenters. The number of amides is 2. The molecule has 6 nitrogen and oxygen atoms in total. The zero-order valence-electron chi connectivity index (χ0n) is 20.7. The van der Waals surface area contributed by atoms with Gasteiger partial charge in [-0.2, -0.15) is 0 Å². The number of carbonyl (C=O) groups excluding carboxylic acids is 2. The molecule has 1 heterocycles. The van der Waals surface area contributed by atoms with Gasteiger partial charge < -0.3 is 14.2 Å². The molecule has 2 amide bonds. The van der Waals surface area contributed by atoms with E-state index in [9.17, 15) is 9.59 Å². The third kappa shape index (κ3) is 6.35. The molecule has 1 aliphatic rings. The van der Waals surface area contributed by atoms with Crippen molar-refractivity contribution < 1.29 is 23.8 Å². The van der Waals surface area contributed by atoms with Gasteiger partial charge in [-0.1, -0.05) is 32.0 Å². The average Bonchev–Trinajstić information content (AvgIpc) is 3.02. The highest BCUT2D eigenvalue weighted by molar-refractivity contribution is 8.18. The van der Waals surface area contributed by atoms with Crippen molar-refractivity contribution in [3.63, 3.8) is 0 Å². The molecule has 2 aromatic carbocycles. The molecular formula is C27H33NO5S. The van der Waals surface area contributed by atoms with Gasteiger partial charge in [-0.25, -0.2) is 0 Å². The minimum Gasteiger partial charge on any atom is -0.491 e. The summed E-state index contributed by atoms with van der Waals surface area (Å²) >= 11 is 0.938. The van der Waals surface area contributed by atoms with Gasteiger partial charge in [0.15, 0.2) is 11.5 Å². The number of aryl methyl sites for hydroxylation is 1. The Morgan fingerprint density at radius 3 is 2.41 bits per heavy atom. The number of benzene rings is 2. The molecule has 1 saturated heterocycles. The van der Waals surface area contributed by atoms with Crippen LogP contribution in [0.25, 0.3) is 6.08 Å². The molecule has 0 N–H and O–H groups in total. The van der Waals surface area contributed by atoms with Crippen molar-refractivity contribution in [2.45, 2.75) is 53.6 Å². The first kappa shape index (κ1) is 25.7. The SMILES string of the molecule is CCOc1cc(/C=C2\SC(=O)N(CCOc3cc(C)ccc3C(C)C)C2=O)ccc1OC(C)C. The van der Waals surface area contributed by atoms with Gasteiger partial charge in [-0.3, -0.25) is 14.5 Å². The Kier molecular flexibility index (Phi) is 8.67. The molecule has 0 saturated carbocycles. The van der Waals surface area contributed by atoms with E-state index in [4.69, 9.17) is 14.2 Å². The summed E-state index contributed by atoms with van der Waals surface area (Å²) < 4.78 is 17.5. The Hall–Kier alpha value is -2.93. The Labute approximate surface area is 206 Å². The van der Waals surface area contributed by atoms with Crippen molar-refractivity contribution in [3.8, 4) is 17.2 Å². The molecule has 7 heteroatoms. The van der Waals surface area contributed by atoms with Crippen LogP contribution in [0, 0.1) is 6.92 Å². The highest BCUT2D eigenvalue weighted by Gasteiger charge is 2.35. The van der Waals surface area contributed by atoms with E-state index in [1.165, 1.54) is 4.90 Å². The molecule has 3 rings (SSSR count). The minimum atomic E-state index is -0.313. The quantitative estimate of drug-likeness (QED) is 0.363. The molecule has 0 bridgehead atoms. The predicted octanol–water partition coefficient (Wildman–Crippen LogP) is 6.42. The number of hydrogen-bond donors (Lipinski definition) is 0. The number of hydrogen-bond acceptors (Lipinski definition) is 6. The topological polar surface area (TPSA) is 65.1 Å². The zero-order chi connectivity index (χ0) is 24.8. The van der Waals surface area contributed by atoms with E-state index < -0.39 is 0 Å². The molecule has 34 heavy (non-hydrogen) atoms. The molecule has 0 radical (unpaired) electrons. The van der Waals surface area contributed by atoms with Crippen LogP contribution < -0.4 is 14.2 Å². The minimum absolute atomic E-state index is 0.0141. The summed E-state index contributed by atoms with van der Waals surface area (Å²) in [7, 11) is 0. The van der Waals surface area contributed by atoms with Gasteiger partial charge in [0.25, 0.3) is 11.1 Å². The van der Waals surface area contributed by atoms with Crippen LogP contribution in [0.3, 0.4) is 0 Å². The number of rotatable bonds is 10. The molecule has 1 fully saturated rings. The van der Waals surface area contributed by atoms with Crippen LogP contribution in [0.5, 0.6) is 17.2 Å². The van der Waals surface area contributed by atoms with Gasteiger partial charge in [0.05, 0.1) is 24.2 Å². The second kappa shape index (κ2) is 11.5. The Bertz CT molecular complexity index is 1080. The van der Waals surface area contributed by atoms with E-state index in [1.54, 1.807) is 6.08 Å². The lowest BCUT2D eigenvalue weighted by Crippen LogP contribution is -2.32. The molecule has 1 aliphatic heterocycles. The van der Waals surface area contributed by atoms with Gasteiger partial charge in [-0.15, -0.1) is 0 Å². The number of imide groups is 1. The van der Waals surface area contributed by atoms with Crippen LogP contribution in [0.1, 0.15) is 57.2 Å². The predicted molar refractivity (Wildman–Crippen MR) is 137 cm³/mol. The fraction of sp³-hybridized carbons (Fsp3) is 0.407. The number of ether oxygens (including phenoxy) is 3. The zero-order valence-corrected chi connectivity index (χ0v) is 21.5. The Morgan fingerprint density at radius 2 is 1.74 bits per heavy atom. The summed E-state index contributed by atoms with van der Waals surface area (Å²) in [6.45, 7) is 13.0. The van der Waals surface area contributed by atoms with E-state index in [-0.39, 0.29) is 30.4 Å². The number of nitrogens with zero attached hydrogens (tertiary/aromatic N) is 1. The van der Waals surface area contributed by atoms with Crippen LogP contribution in [0.2, 0.25) is 0 Å². The van der Waals surface area contributed by atoms with Gasteiger partial charge in [-0.05, 0) is 86.3 Å². The third-order valence-electron chi connectivity index (χ3n) is 5.17. The smallest absolute Gasteiger partial charge is 0.293 e. The maximum atomic E-state index is 12.9. The van der Waals surface area contributed by atoms with Crippen molar-refractivity contribution in [1.82, 2.24) is 4.90 Å². The second-order valence-electron chi connectivity index (χ2n) is 8.68. The van der Waals surface area contributed by atoms with E-state index in [0.29, 0.717) is 28.9 Å². The molecule has 0 unspecified atom stereocenters. The fourth-order valence-corrected chi connectivity index (χ4v) is 4.43. The lowest BCUT2D eigenvalue weighted by atomic mass is 10.0. The first-order valence-corrected chi connectivity index (χ1v) is 12.4. The van der Waals surface area contributed by atoms with Crippen molar-refractivity contribution in [1.29, 1.82) is 0 Å². The van der Waals surface area contributed by atoms with Crippen molar-refractivity contribution in [3.05, 3.63) is 58.0 Å². The highest BCUT2D eigenvalue weighted by atomic mass is 32.2. The molecule has 182 valence electrons. The maximum absolute atomic E-state index is 12.9. The summed E-state index contributed by atoms with van der Waals surface area (Å²) in [5, 5.41) is -0.294. The molecule has 0 spiro atoms. The molecular weight excluding hydrogens is 450 g/mol. The second-order valence-corrected chi connectivity index (χ2v) is 9.68. The van der Waals surface area contributed by atoms with Crippen LogP contribution in [-0.4, -0.2) is 41.9 Å². The third-order valence-corrected chi connectivity index (χ3v) is 6.07. The highest BCUT2D eigenvalue weighted by Crippen LogP contribution is 2.35. The lowest BCUT2D eigenvalue weighted by molar-refractivity contribution is -0.123. The van der Waals surface area contributed by atoms with Crippen LogP contribution in [0.4, 0.5) is 4.79 Å². The Balaban J connectivity index is 1.70. The molecule has 2 aromatic rings. The van der Waals surface area contributed by atoms with Gasteiger partial charge in [0, 0.05) is 0 Å². The van der Waals surface area contributed by atoms with Crippen LogP contribution >= 0.6 is 11.8 Å². The Morgan fingerprint density at radius 1 is 0.971 bits per heavy atom. The van der Waals surface area contributed by atoms with Crippen LogP contribution in [-0.2, 0) is 4.79 Å². The monoisotopic (exact) mass is 483 g/mol. The van der Waals surface area contributed by atoms with Crippen molar-refractivity contribution in [2.75, 3.05) is 19.8 Å². The van der Waals surface area contributed by atoms with Gasteiger partial charge in [0.1, 0.15) is 12.4 Å². The van der Waals surface area contributed by atoms with Gasteiger partial charge >= 0.3 is 0 Å².